The van der Waals surface area contributed by atoms with Gasteiger partial charge in [0.2, 0.25) is 0 Å². The van der Waals surface area contributed by atoms with Gasteiger partial charge < -0.3 is 14.8 Å². The number of aromatic nitrogens is 1. The Morgan fingerprint density at radius 1 is 1.52 bits per heavy atom. The van der Waals surface area contributed by atoms with E-state index in [0.717, 1.165) is 11.1 Å². The summed E-state index contributed by atoms with van der Waals surface area (Å²) in [6.07, 6.45) is 2.23. The van der Waals surface area contributed by atoms with Crippen LogP contribution >= 0.6 is 11.3 Å². The molecule has 0 saturated heterocycles. The highest BCUT2D eigenvalue weighted by Gasteiger charge is 2.12. The molecule has 1 aromatic carbocycles. The van der Waals surface area contributed by atoms with Crippen molar-refractivity contribution in [2.75, 3.05) is 7.11 Å². The predicted molar refractivity (Wildman–Crippen MR) is 86.5 cm³/mol. The van der Waals surface area contributed by atoms with Gasteiger partial charge in [-0.25, -0.2) is 0 Å². The molecular formula is C16H17NO3S. The maximum atomic E-state index is 11.9. The fourth-order valence-corrected chi connectivity index (χ4v) is 2.91. The summed E-state index contributed by atoms with van der Waals surface area (Å²) in [4.78, 5) is 14.6. The van der Waals surface area contributed by atoms with Crippen LogP contribution in [-0.4, -0.2) is 17.2 Å². The summed E-state index contributed by atoms with van der Waals surface area (Å²) in [5, 5.41) is 10.1. The third kappa shape index (κ3) is 2.92. The molecule has 0 radical (unpaired) electrons. The second-order valence-corrected chi connectivity index (χ2v) is 5.72. The Bertz CT molecular complexity index is 845. The van der Waals surface area contributed by atoms with Crippen LogP contribution in [0, 0.1) is 0 Å². The smallest absolute Gasteiger partial charge is 0.266 e. The molecule has 5 heteroatoms. The molecule has 110 valence electrons. The molecule has 2 N–H and O–H groups in total. The Hall–Kier alpha value is -2.27. The summed E-state index contributed by atoms with van der Waals surface area (Å²) in [7, 11) is 1.50. The fourth-order valence-electron chi connectivity index (χ4n) is 2.11. The van der Waals surface area contributed by atoms with E-state index >= 15 is 0 Å². The Balaban J connectivity index is 2.75. The summed E-state index contributed by atoms with van der Waals surface area (Å²) < 4.78 is 6.43. The largest absolute Gasteiger partial charge is 0.504 e. The summed E-state index contributed by atoms with van der Waals surface area (Å²) in [5.74, 6) is 0.485. The molecule has 0 amide bonds. The number of allylic oxidation sites excluding steroid dienone is 1. The van der Waals surface area contributed by atoms with Crippen molar-refractivity contribution in [3.05, 3.63) is 55.5 Å². The van der Waals surface area contributed by atoms with Crippen LogP contribution in [0.2, 0.25) is 0 Å². The SMILES string of the molecule is C=CCc1cc(/C(C)=c2\sc(=C)[nH]c2=O)cc(OC)c1O. The zero-order valence-corrected chi connectivity index (χ0v) is 12.8. The van der Waals surface area contributed by atoms with Gasteiger partial charge in [0.05, 0.1) is 16.3 Å². The second-order valence-electron chi connectivity index (χ2n) is 4.61. The predicted octanol–water partition coefficient (Wildman–Crippen LogP) is 1.51. The molecule has 0 unspecified atom stereocenters. The highest BCUT2D eigenvalue weighted by atomic mass is 32.1. The van der Waals surface area contributed by atoms with Crippen LogP contribution in [-0.2, 0) is 6.42 Å². The Kier molecular flexibility index (Phi) is 4.33. The third-order valence-electron chi connectivity index (χ3n) is 3.20. The molecule has 4 nitrogen and oxygen atoms in total. The Labute approximate surface area is 126 Å². The maximum absolute atomic E-state index is 11.9. The average Bonchev–Trinajstić information content (AvgIpc) is 2.79. The van der Waals surface area contributed by atoms with Crippen molar-refractivity contribution in [2.24, 2.45) is 0 Å². The first-order valence-electron chi connectivity index (χ1n) is 6.38. The molecule has 0 bridgehead atoms. The number of ether oxygens (including phenoxy) is 1. The number of hydrogen-bond donors (Lipinski definition) is 2. The van der Waals surface area contributed by atoms with Crippen LogP contribution in [0.25, 0.3) is 12.2 Å². The first-order chi connectivity index (χ1) is 9.97. The topological polar surface area (TPSA) is 62.3 Å². The van der Waals surface area contributed by atoms with Crippen molar-refractivity contribution >= 4 is 23.5 Å². The van der Waals surface area contributed by atoms with Gasteiger partial charge in [0.15, 0.2) is 11.5 Å². The monoisotopic (exact) mass is 303 g/mol. The minimum Gasteiger partial charge on any atom is -0.504 e. The Morgan fingerprint density at radius 3 is 2.76 bits per heavy atom. The molecule has 21 heavy (non-hydrogen) atoms. The number of phenols is 1. The molecular weight excluding hydrogens is 286 g/mol. The molecule has 0 atom stereocenters. The second kappa shape index (κ2) is 6.01. The van der Waals surface area contributed by atoms with Gasteiger partial charge in [0, 0.05) is 5.56 Å². The number of benzene rings is 1. The Morgan fingerprint density at radius 2 is 2.24 bits per heavy atom. The van der Waals surface area contributed by atoms with E-state index in [1.807, 2.05) is 13.0 Å². The zero-order valence-electron chi connectivity index (χ0n) is 12.0. The molecule has 2 rings (SSSR count). The molecule has 0 saturated carbocycles. The fraction of sp³-hybridized carbons (Fsp3) is 0.188. The lowest BCUT2D eigenvalue weighted by Gasteiger charge is -2.11. The van der Waals surface area contributed by atoms with Crippen molar-refractivity contribution in [1.29, 1.82) is 0 Å². The molecule has 0 fully saturated rings. The highest BCUT2D eigenvalue weighted by molar-refractivity contribution is 7.07. The van der Waals surface area contributed by atoms with Crippen molar-refractivity contribution < 1.29 is 9.84 Å². The molecule has 2 aromatic rings. The molecule has 0 aliphatic carbocycles. The van der Waals surface area contributed by atoms with Crippen LogP contribution < -0.4 is 19.5 Å². The molecule has 0 aliphatic heterocycles. The van der Waals surface area contributed by atoms with Crippen molar-refractivity contribution in [2.45, 2.75) is 13.3 Å². The lowest BCUT2D eigenvalue weighted by atomic mass is 10.0. The number of H-pyrrole nitrogens is 1. The van der Waals surface area contributed by atoms with E-state index < -0.39 is 0 Å². The normalized spacial score (nSPS) is 12.1. The van der Waals surface area contributed by atoms with Crippen LogP contribution in [0.3, 0.4) is 0 Å². The number of methoxy groups -OCH3 is 1. The summed E-state index contributed by atoms with van der Waals surface area (Å²) in [6, 6.07) is 3.57. The van der Waals surface area contributed by atoms with E-state index in [-0.39, 0.29) is 11.3 Å². The molecule has 0 aliphatic rings. The van der Waals surface area contributed by atoms with Crippen molar-refractivity contribution in [3.63, 3.8) is 0 Å². The van der Waals surface area contributed by atoms with Gasteiger partial charge in [-0.05, 0) is 36.6 Å². The van der Waals surface area contributed by atoms with E-state index in [0.29, 0.717) is 26.9 Å². The highest BCUT2D eigenvalue weighted by Crippen LogP contribution is 2.33. The zero-order chi connectivity index (χ0) is 15.6. The number of hydrogen-bond acceptors (Lipinski definition) is 4. The van der Waals surface area contributed by atoms with E-state index in [4.69, 9.17) is 4.74 Å². The van der Waals surface area contributed by atoms with Crippen LogP contribution in [0.1, 0.15) is 18.1 Å². The summed E-state index contributed by atoms with van der Waals surface area (Å²) >= 11 is 1.31. The standard InChI is InChI=1S/C16H17NO3S/c1-5-6-11-7-12(8-13(20-4)14(11)18)9(2)15-16(19)17-10(3)21-15/h5,7-8,18H,1,3,6H2,2,4H3,(H,17,19)/b15-9-. The minimum atomic E-state index is -0.153. The molecule has 1 heterocycles. The number of aromatic hydroxyl groups is 1. The van der Waals surface area contributed by atoms with Gasteiger partial charge in [-0.2, -0.15) is 0 Å². The molecule has 0 spiro atoms. The van der Waals surface area contributed by atoms with Crippen molar-refractivity contribution in [1.82, 2.24) is 4.98 Å². The summed E-state index contributed by atoms with van der Waals surface area (Å²) in [5.41, 5.74) is 2.20. The van der Waals surface area contributed by atoms with Gasteiger partial charge >= 0.3 is 0 Å². The van der Waals surface area contributed by atoms with Crippen LogP contribution in [0.5, 0.6) is 11.5 Å². The van der Waals surface area contributed by atoms with Crippen molar-refractivity contribution in [3.8, 4) is 11.5 Å². The van der Waals surface area contributed by atoms with E-state index in [1.165, 1.54) is 18.4 Å². The van der Waals surface area contributed by atoms with E-state index in [1.54, 1.807) is 12.1 Å². The number of nitrogens with one attached hydrogen (secondary N) is 1. The number of aromatic amines is 1. The number of thiazole rings is 1. The van der Waals surface area contributed by atoms with Crippen LogP contribution in [0.4, 0.5) is 0 Å². The van der Waals surface area contributed by atoms with Gasteiger partial charge in [0.1, 0.15) is 0 Å². The van der Waals surface area contributed by atoms with Gasteiger partial charge in [0.25, 0.3) is 5.56 Å². The number of rotatable bonds is 4. The average molecular weight is 303 g/mol. The first-order valence-corrected chi connectivity index (χ1v) is 7.19. The lowest BCUT2D eigenvalue weighted by Crippen LogP contribution is -2.22. The van der Waals surface area contributed by atoms with Gasteiger partial charge in [-0.15, -0.1) is 17.9 Å². The van der Waals surface area contributed by atoms with E-state index in [2.05, 4.69) is 18.1 Å². The maximum Gasteiger partial charge on any atom is 0.266 e. The molecule has 1 aromatic heterocycles. The van der Waals surface area contributed by atoms with E-state index in [9.17, 15) is 9.90 Å². The summed E-state index contributed by atoms with van der Waals surface area (Å²) in [6.45, 7) is 9.29. The third-order valence-corrected chi connectivity index (χ3v) is 4.24. The first kappa shape index (κ1) is 15.1. The van der Waals surface area contributed by atoms with Gasteiger partial charge in [-0.1, -0.05) is 12.7 Å². The van der Waals surface area contributed by atoms with Crippen LogP contribution in [0.15, 0.2) is 29.6 Å². The number of phenolic OH excluding ortho intramolecular Hbond substituents is 1. The quantitative estimate of drug-likeness (QED) is 0.842. The lowest BCUT2D eigenvalue weighted by molar-refractivity contribution is 0.371. The minimum absolute atomic E-state index is 0.104. The van der Waals surface area contributed by atoms with Gasteiger partial charge in [-0.3, -0.25) is 4.79 Å².